The molecule has 0 atom stereocenters. The zero-order valence-corrected chi connectivity index (χ0v) is 20.0. The van der Waals surface area contributed by atoms with Crippen LogP contribution < -0.4 is 25.4 Å². The Kier molecular flexibility index (Phi) is 8.39. The molecule has 0 saturated heterocycles. The molecule has 3 N–H and O–H groups in total. The van der Waals surface area contributed by atoms with Gasteiger partial charge in [0.2, 0.25) is 12.7 Å². The molecule has 1 aliphatic carbocycles. The lowest BCUT2D eigenvalue weighted by atomic mass is 10.1. The van der Waals surface area contributed by atoms with Gasteiger partial charge in [-0.25, -0.2) is 0 Å². The van der Waals surface area contributed by atoms with Crippen LogP contribution in [0.25, 0.3) is 0 Å². The van der Waals surface area contributed by atoms with Crippen LogP contribution >= 0.6 is 24.0 Å². The van der Waals surface area contributed by atoms with E-state index in [2.05, 4.69) is 20.9 Å². The zero-order chi connectivity index (χ0) is 20.8. The molecule has 2 aromatic rings. The van der Waals surface area contributed by atoms with E-state index in [1.54, 1.807) is 7.05 Å². The summed E-state index contributed by atoms with van der Waals surface area (Å²) in [5, 5.41) is 9.68. The van der Waals surface area contributed by atoms with E-state index in [-0.39, 0.29) is 42.6 Å². The van der Waals surface area contributed by atoms with Crippen molar-refractivity contribution in [3.63, 3.8) is 0 Å². The first-order valence-electron chi connectivity index (χ1n) is 10.4. The highest BCUT2D eigenvalue weighted by Gasteiger charge is 2.22. The number of benzene rings is 2. The molecule has 1 heterocycles. The highest BCUT2D eigenvalue weighted by Crippen LogP contribution is 2.32. The van der Waals surface area contributed by atoms with Gasteiger partial charge in [-0.15, -0.1) is 24.0 Å². The second-order valence-electron chi connectivity index (χ2n) is 7.64. The standard InChI is InChI=1S/C23H28N4O3.HI/c1-24-23(26-14-17-9-10-20-21(12-17)30-15-29-20)25-13-16-5-4-8-19(11-16)27-22(28)18-6-2-3-7-18;/h4-5,8-12,18H,2-3,6-7,13-15H2,1H3,(H,27,28)(H2,24,25,26);1H. The highest BCUT2D eigenvalue weighted by molar-refractivity contribution is 14.0. The summed E-state index contributed by atoms with van der Waals surface area (Å²) in [7, 11) is 1.74. The van der Waals surface area contributed by atoms with Crippen molar-refractivity contribution in [2.45, 2.75) is 38.8 Å². The van der Waals surface area contributed by atoms with Gasteiger partial charge in [-0.3, -0.25) is 9.79 Å². The fourth-order valence-corrected chi connectivity index (χ4v) is 3.83. The minimum Gasteiger partial charge on any atom is -0.454 e. The summed E-state index contributed by atoms with van der Waals surface area (Å²) in [6, 6.07) is 13.8. The van der Waals surface area contributed by atoms with Gasteiger partial charge < -0.3 is 25.4 Å². The average Bonchev–Trinajstić information content (AvgIpc) is 3.46. The maximum atomic E-state index is 12.4. The molecule has 2 aromatic carbocycles. The van der Waals surface area contributed by atoms with E-state index in [9.17, 15) is 4.79 Å². The van der Waals surface area contributed by atoms with Gasteiger partial charge in [0.25, 0.3) is 0 Å². The lowest BCUT2D eigenvalue weighted by Crippen LogP contribution is -2.36. The Bertz CT molecular complexity index is 929. The molecule has 1 aliphatic heterocycles. The van der Waals surface area contributed by atoms with Gasteiger partial charge in [-0.2, -0.15) is 0 Å². The number of halogens is 1. The smallest absolute Gasteiger partial charge is 0.231 e. The summed E-state index contributed by atoms with van der Waals surface area (Å²) in [5.74, 6) is 2.55. The third kappa shape index (κ3) is 6.25. The van der Waals surface area contributed by atoms with Crippen LogP contribution in [0.4, 0.5) is 5.69 Å². The van der Waals surface area contributed by atoms with Crippen molar-refractivity contribution in [3.8, 4) is 11.5 Å². The molecular weight excluding hydrogens is 507 g/mol. The molecule has 0 unspecified atom stereocenters. The van der Waals surface area contributed by atoms with Crippen molar-refractivity contribution in [2.24, 2.45) is 10.9 Å². The van der Waals surface area contributed by atoms with Gasteiger partial charge in [0, 0.05) is 31.7 Å². The van der Waals surface area contributed by atoms with Crippen LogP contribution in [0.3, 0.4) is 0 Å². The van der Waals surface area contributed by atoms with Crippen molar-refractivity contribution in [3.05, 3.63) is 53.6 Å². The van der Waals surface area contributed by atoms with E-state index in [1.165, 1.54) is 0 Å². The number of hydrogen-bond acceptors (Lipinski definition) is 4. The van der Waals surface area contributed by atoms with Crippen LogP contribution in [0.5, 0.6) is 11.5 Å². The number of nitrogens with one attached hydrogen (secondary N) is 3. The molecule has 1 amide bonds. The summed E-state index contributed by atoms with van der Waals surface area (Å²) in [5.41, 5.74) is 3.00. The summed E-state index contributed by atoms with van der Waals surface area (Å²) >= 11 is 0. The van der Waals surface area contributed by atoms with Crippen molar-refractivity contribution >= 4 is 41.5 Å². The molecule has 0 bridgehead atoms. The van der Waals surface area contributed by atoms with E-state index >= 15 is 0 Å². The molecule has 2 aliphatic rings. The van der Waals surface area contributed by atoms with Crippen LogP contribution in [0.15, 0.2) is 47.5 Å². The van der Waals surface area contributed by atoms with Gasteiger partial charge in [-0.05, 0) is 48.2 Å². The van der Waals surface area contributed by atoms with Crippen LogP contribution in [0.1, 0.15) is 36.8 Å². The van der Waals surface area contributed by atoms with Crippen molar-refractivity contribution < 1.29 is 14.3 Å². The fraction of sp³-hybridized carbons (Fsp3) is 0.391. The first-order valence-corrected chi connectivity index (χ1v) is 10.4. The van der Waals surface area contributed by atoms with Gasteiger partial charge in [0.15, 0.2) is 17.5 Å². The molecule has 0 aromatic heterocycles. The zero-order valence-electron chi connectivity index (χ0n) is 17.6. The Hall–Kier alpha value is -2.49. The molecule has 31 heavy (non-hydrogen) atoms. The first kappa shape index (κ1) is 23.2. The Labute approximate surface area is 200 Å². The lowest BCUT2D eigenvalue weighted by molar-refractivity contribution is -0.119. The SMILES string of the molecule is CN=C(NCc1cccc(NC(=O)C2CCCC2)c1)NCc1ccc2c(c1)OCO2.I. The minimum atomic E-state index is 0. The molecule has 1 saturated carbocycles. The first-order chi connectivity index (χ1) is 14.7. The van der Waals surface area contributed by atoms with E-state index < -0.39 is 0 Å². The van der Waals surface area contributed by atoms with Crippen LogP contribution in [-0.4, -0.2) is 25.7 Å². The topological polar surface area (TPSA) is 84.0 Å². The van der Waals surface area contributed by atoms with Crippen LogP contribution in [-0.2, 0) is 17.9 Å². The number of fused-ring (bicyclic) bond motifs is 1. The number of hydrogen-bond donors (Lipinski definition) is 3. The van der Waals surface area contributed by atoms with Gasteiger partial charge in [0.05, 0.1) is 0 Å². The second kappa shape index (κ2) is 11.2. The molecule has 1 fully saturated rings. The Balaban J connectivity index is 0.00000272. The van der Waals surface area contributed by atoms with Gasteiger partial charge in [0.1, 0.15) is 0 Å². The monoisotopic (exact) mass is 536 g/mol. The van der Waals surface area contributed by atoms with E-state index in [0.717, 1.165) is 54.0 Å². The number of anilines is 1. The number of carbonyl (C=O) groups is 1. The van der Waals surface area contributed by atoms with Crippen molar-refractivity contribution in [1.82, 2.24) is 10.6 Å². The maximum Gasteiger partial charge on any atom is 0.231 e. The summed E-state index contributed by atoms with van der Waals surface area (Å²) in [6.07, 6.45) is 4.30. The summed E-state index contributed by atoms with van der Waals surface area (Å²) < 4.78 is 10.8. The van der Waals surface area contributed by atoms with Crippen molar-refractivity contribution in [1.29, 1.82) is 0 Å². The van der Waals surface area contributed by atoms with Crippen LogP contribution in [0.2, 0.25) is 0 Å². The average molecular weight is 536 g/mol. The Morgan fingerprint density at radius 3 is 2.45 bits per heavy atom. The predicted molar refractivity (Wildman–Crippen MR) is 132 cm³/mol. The number of amides is 1. The number of rotatable bonds is 6. The number of ether oxygens (including phenoxy) is 2. The summed E-state index contributed by atoms with van der Waals surface area (Å²) in [4.78, 5) is 16.6. The third-order valence-electron chi connectivity index (χ3n) is 5.50. The van der Waals surface area contributed by atoms with Crippen LogP contribution in [0, 0.1) is 5.92 Å². The number of carbonyl (C=O) groups excluding carboxylic acids is 1. The fourth-order valence-electron chi connectivity index (χ4n) is 3.83. The molecule has 166 valence electrons. The summed E-state index contributed by atoms with van der Waals surface area (Å²) in [6.45, 7) is 1.50. The molecule has 8 heteroatoms. The van der Waals surface area contributed by atoms with Gasteiger partial charge in [-0.1, -0.05) is 31.0 Å². The Morgan fingerprint density at radius 2 is 1.71 bits per heavy atom. The lowest BCUT2D eigenvalue weighted by Gasteiger charge is -2.14. The quantitative estimate of drug-likeness (QED) is 0.295. The molecular formula is C23H29IN4O3. The highest BCUT2D eigenvalue weighted by atomic mass is 127. The normalized spacial score (nSPS) is 15.3. The number of aliphatic imine (C=N–C) groups is 1. The third-order valence-corrected chi connectivity index (χ3v) is 5.50. The van der Waals surface area contributed by atoms with Gasteiger partial charge >= 0.3 is 0 Å². The predicted octanol–water partition coefficient (Wildman–Crippen LogP) is 4.03. The molecule has 0 radical (unpaired) electrons. The minimum absolute atomic E-state index is 0. The maximum absolute atomic E-state index is 12.4. The molecule has 4 rings (SSSR count). The molecule has 0 spiro atoms. The van der Waals surface area contributed by atoms with E-state index in [0.29, 0.717) is 19.0 Å². The largest absolute Gasteiger partial charge is 0.454 e. The van der Waals surface area contributed by atoms with Crippen molar-refractivity contribution in [2.75, 3.05) is 19.2 Å². The molecule has 7 nitrogen and oxygen atoms in total. The second-order valence-corrected chi connectivity index (χ2v) is 7.64. The number of nitrogens with zero attached hydrogens (tertiary/aromatic N) is 1. The Morgan fingerprint density at radius 1 is 1.00 bits per heavy atom. The van der Waals surface area contributed by atoms with E-state index in [1.807, 2.05) is 42.5 Å². The number of guanidine groups is 1. The van der Waals surface area contributed by atoms with E-state index in [4.69, 9.17) is 9.47 Å².